The molecule has 0 aliphatic carbocycles. The van der Waals surface area contributed by atoms with E-state index >= 15 is 0 Å². The van der Waals surface area contributed by atoms with Crippen LogP contribution in [-0.2, 0) is 24.7 Å². The number of sulfonamides is 1. The van der Waals surface area contributed by atoms with Crippen molar-refractivity contribution in [1.82, 2.24) is 4.31 Å². The van der Waals surface area contributed by atoms with Crippen LogP contribution in [0.15, 0.2) is 29.2 Å². The molecule has 0 aliphatic heterocycles. The van der Waals surface area contributed by atoms with Crippen LogP contribution in [0.3, 0.4) is 0 Å². The summed E-state index contributed by atoms with van der Waals surface area (Å²) in [5.41, 5.74) is 0.393. The van der Waals surface area contributed by atoms with Gasteiger partial charge in [0.2, 0.25) is 15.9 Å². The molecule has 7 nitrogen and oxygen atoms in total. The number of rotatable bonds is 5. The molecule has 1 amide bonds. The van der Waals surface area contributed by atoms with Crippen LogP contribution < -0.4 is 5.32 Å². The van der Waals surface area contributed by atoms with Gasteiger partial charge >= 0.3 is 0 Å². The summed E-state index contributed by atoms with van der Waals surface area (Å²) in [7, 11) is -5.42. The van der Waals surface area contributed by atoms with E-state index in [1.807, 2.05) is 0 Å². The molecule has 0 atom stereocenters. The van der Waals surface area contributed by atoms with Gasteiger partial charge in [-0.25, -0.2) is 16.8 Å². The molecular weight excluding hydrogens is 304 g/mol. The molecule has 1 rings (SSSR count). The van der Waals surface area contributed by atoms with Crippen molar-refractivity contribution in [1.29, 1.82) is 0 Å². The first kappa shape index (κ1) is 16.6. The Labute approximate surface area is 118 Å². The van der Waals surface area contributed by atoms with Crippen molar-refractivity contribution in [2.24, 2.45) is 0 Å². The van der Waals surface area contributed by atoms with Gasteiger partial charge in [0.25, 0.3) is 0 Å². The summed E-state index contributed by atoms with van der Waals surface area (Å²) in [6.45, 7) is -0.313. The van der Waals surface area contributed by atoms with Crippen molar-refractivity contribution < 1.29 is 21.6 Å². The summed E-state index contributed by atoms with van der Waals surface area (Å²) >= 11 is 0. The van der Waals surface area contributed by atoms with Crippen molar-refractivity contribution in [2.75, 3.05) is 31.4 Å². The number of carbonyl (C=O) groups is 1. The van der Waals surface area contributed by atoms with E-state index in [9.17, 15) is 21.6 Å². The van der Waals surface area contributed by atoms with E-state index in [0.29, 0.717) is 5.69 Å². The Balaban J connectivity index is 2.73. The third kappa shape index (κ3) is 4.91. The van der Waals surface area contributed by atoms with Gasteiger partial charge in [0.1, 0.15) is 0 Å². The van der Waals surface area contributed by atoms with Crippen LogP contribution in [0.1, 0.15) is 0 Å². The van der Waals surface area contributed by atoms with Gasteiger partial charge in [0.15, 0.2) is 9.84 Å². The fourth-order valence-electron chi connectivity index (χ4n) is 1.31. The minimum absolute atomic E-state index is 0.142. The topological polar surface area (TPSA) is 101 Å². The van der Waals surface area contributed by atoms with Gasteiger partial charge in [-0.3, -0.25) is 4.79 Å². The highest BCUT2D eigenvalue weighted by Gasteiger charge is 2.15. The van der Waals surface area contributed by atoms with Crippen LogP contribution in [0.25, 0.3) is 0 Å². The smallest absolute Gasteiger partial charge is 0.239 e. The van der Waals surface area contributed by atoms with Crippen molar-refractivity contribution in [3.8, 4) is 0 Å². The number of amides is 1. The second-order valence-electron chi connectivity index (χ2n) is 4.36. The maximum atomic E-state index is 11.6. The Morgan fingerprint density at radius 2 is 1.60 bits per heavy atom. The van der Waals surface area contributed by atoms with Gasteiger partial charge < -0.3 is 5.32 Å². The van der Waals surface area contributed by atoms with Crippen LogP contribution in [0.5, 0.6) is 0 Å². The summed E-state index contributed by atoms with van der Waals surface area (Å²) in [4.78, 5) is 11.8. The molecule has 0 heterocycles. The average Bonchev–Trinajstić information content (AvgIpc) is 2.26. The minimum atomic E-state index is -3.42. The second kappa shape index (κ2) is 5.90. The van der Waals surface area contributed by atoms with Crippen LogP contribution >= 0.6 is 0 Å². The highest BCUT2D eigenvalue weighted by atomic mass is 32.2. The Hall–Kier alpha value is -1.45. The van der Waals surface area contributed by atoms with Crippen molar-refractivity contribution in [3.05, 3.63) is 24.3 Å². The predicted octanol–water partition coefficient (Wildman–Crippen LogP) is -0.0800. The molecule has 0 saturated carbocycles. The summed E-state index contributed by atoms with van der Waals surface area (Å²) in [6.07, 6.45) is 2.09. The number of nitrogens with zero attached hydrogens (tertiary/aromatic N) is 1. The molecule has 0 spiro atoms. The lowest BCUT2D eigenvalue weighted by Gasteiger charge is -2.13. The Morgan fingerprint density at radius 1 is 1.10 bits per heavy atom. The maximum Gasteiger partial charge on any atom is 0.239 e. The van der Waals surface area contributed by atoms with Crippen LogP contribution in [0.4, 0.5) is 5.69 Å². The first-order valence-electron chi connectivity index (χ1n) is 5.51. The number of sulfone groups is 1. The van der Waals surface area contributed by atoms with Gasteiger partial charge in [-0.1, -0.05) is 0 Å². The zero-order valence-corrected chi connectivity index (χ0v) is 13.0. The summed E-state index contributed by atoms with van der Waals surface area (Å²) in [5, 5.41) is 2.48. The monoisotopic (exact) mass is 320 g/mol. The lowest BCUT2D eigenvalue weighted by Crippen LogP contribution is -2.34. The van der Waals surface area contributed by atoms with E-state index in [1.165, 1.54) is 31.3 Å². The number of hydrogen-bond acceptors (Lipinski definition) is 5. The summed E-state index contributed by atoms with van der Waals surface area (Å²) < 4.78 is 45.7. The van der Waals surface area contributed by atoms with Gasteiger partial charge in [-0.05, 0) is 24.3 Å². The molecule has 0 fully saturated rings. The number of benzene rings is 1. The number of anilines is 1. The molecule has 20 heavy (non-hydrogen) atoms. The fraction of sp³-hybridized carbons (Fsp3) is 0.364. The van der Waals surface area contributed by atoms with Crippen molar-refractivity contribution in [2.45, 2.75) is 4.90 Å². The normalized spacial score (nSPS) is 12.4. The Morgan fingerprint density at radius 3 is 2.00 bits per heavy atom. The molecule has 0 saturated heterocycles. The minimum Gasteiger partial charge on any atom is -0.325 e. The van der Waals surface area contributed by atoms with Crippen molar-refractivity contribution in [3.63, 3.8) is 0 Å². The third-order valence-corrected chi connectivity index (χ3v) is 4.89. The van der Waals surface area contributed by atoms with Gasteiger partial charge in [0.05, 0.1) is 17.7 Å². The number of carbonyl (C=O) groups excluding carboxylic acids is 1. The largest absolute Gasteiger partial charge is 0.325 e. The quantitative estimate of drug-likeness (QED) is 0.818. The molecule has 112 valence electrons. The van der Waals surface area contributed by atoms with Gasteiger partial charge in [-0.2, -0.15) is 4.31 Å². The number of hydrogen-bond donors (Lipinski definition) is 1. The van der Waals surface area contributed by atoms with E-state index in [0.717, 1.165) is 16.8 Å². The molecule has 0 bridgehead atoms. The van der Waals surface area contributed by atoms with E-state index < -0.39 is 25.8 Å². The molecule has 0 aliphatic rings. The lowest BCUT2D eigenvalue weighted by molar-refractivity contribution is -0.116. The van der Waals surface area contributed by atoms with E-state index in [2.05, 4.69) is 5.32 Å². The third-order valence-electron chi connectivity index (χ3n) is 2.50. The molecule has 1 N–H and O–H groups in total. The average molecular weight is 320 g/mol. The number of likely N-dealkylation sites (N-methyl/N-ethyl adjacent to an activating group) is 1. The molecule has 1 aromatic rings. The molecule has 0 radical (unpaired) electrons. The molecule has 1 aromatic carbocycles. The standard InChI is InChI=1S/C11H16N2O5S2/c1-13(20(3,17)18)8-11(14)12-9-4-6-10(7-5-9)19(2,15)16/h4-7H,8H2,1-3H3,(H,12,14). The second-order valence-corrected chi connectivity index (χ2v) is 8.47. The van der Waals surface area contributed by atoms with Gasteiger partial charge in [0, 0.05) is 19.0 Å². The summed E-state index contributed by atoms with van der Waals surface area (Å²) in [5.74, 6) is -0.509. The zero-order valence-electron chi connectivity index (χ0n) is 11.3. The first-order valence-corrected chi connectivity index (χ1v) is 9.25. The molecular formula is C11H16N2O5S2. The van der Waals surface area contributed by atoms with Gasteiger partial charge in [-0.15, -0.1) is 0 Å². The zero-order chi connectivity index (χ0) is 15.6. The van der Waals surface area contributed by atoms with E-state index in [-0.39, 0.29) is 11.4 Å². The number of nitrogens with one attached hydrogen (secondary N) is 1. The highest BCUT2D eigenvalue weighted by Crippen LogP contribution is 2.13. The lowest BCUT2D eigenvalue weighted by atomic mass is 10.3. The van der Waals surface area contributed by atoms with E-state index in [1.54, 1.807) is 0 Å². The maximum absolute atomic E-state index is 11.6. The highest BCUT2D eigenvalue weighted by molar-refractivity contribution is 7.90. The predicted molar refractivity (Wildman–Crippen MR) is 75.7 cm³/mol. The Bertz CT molecular complexity index is 693. The molecule has 9 heteroatoms. The van der Waals surface area contributed by atoms with Crippen LogP contribution in [0, 0.1) is 0 Å². The fourth-order valence-corrected chi connectivity index (χ4v) is 2.29. The van der Waals surface area contributed by atoms with Crippen LogP contribution in [-0.4, -0.2) is 53.2 Å². The first-order chi connectivity index (χ1) is 9.00. The Kier molecular flexibility index (Phi) is 4.90. The summed E-state index contributed by atoms with van der Waals surface area (Å²) in [6, 6.07) is 5.61. The van der Waals surface area contributed by atoms with E-state index in [4.69, 9.17) is 0 Å². The molecule has 0 unspecified atom stereocenters. The van der Waals surface area contributed by atoms with Crippen molar-refractivity contribution >= 4 is 31.5 Å². The molecule has 0 aromatic heterocycles. The van der Waals surface area contributed by atoms with Crippen LogP contribution in [0.2, 0.25) is 0 Å². The SMILES string of the molecule is CN(CC(=O)Nc1ccc(S(C)(=O)=O)cc1)S(C)(=O)=O.